The van der Waals surface area contributed by atoms with Gasteiger partial charge in [-0.15, -0.1) is 11.3 Å². The molecule has 0 spiro atoms. The molecule has 1 aliphatic heterocycles. The van der Waals surface area contributed by atoms with Crippen LogP contribution >= 0.6 is 11.3 Å². The summed E-state index contributed by atoms with van der Waals surface area (Å²) >= 11 is 1.53. The summed E-state index contributed by atoms with van der Waals surface area (Å²) in [6.07, 6.45) is 3.24. The Bertz CT molecular complexity index is 782. The second-order valence-electron chi connectivity index (χ2n) is 5.98. The summed E-state index contributed by atoms with van der Waals surface area (Å²) in [4.78, 5) is 31.8. The number of aliphatic hydroxyl groups excluding tert-OH is 1. The van der Waals surface area contributed by atoms with E-state index in [1.165, 1.54) is 11.3 Å². The van der Waals surface area contributed by atoms with Crippen molar-refractivity contribution in [2.75, 3.05) is 0 Å². The van der Waals surface area contributed by atoms with Gasteiger partial charge >= 0.3 is 0 Å². The molecule has 0 bridgehead atoms. The number of ketones is 1. The third-order valence-corrected chi connectivity index (χ3v) is 4.88. The van der Waals surface area contributed by atoms with E-state index in [0.29, 0.717) is 6.54 Å². The van der Waals surface area contributed by atoms with Crippen LogP contribution in [0.2, 0.25) is 0 Å². The van der Waals surface area contributed by atoms with Gasteiger partial charge in [0.15, 0.2) is 11.5 Å². The number of hydrogen-bond acceptors (Lipinski definition) is 5. The van der Waals surface area contributed by atoms with E-state index >= 15 is 0 Å². The van der Waals surface area contributed by atoms with Gasteiger partial charge in [-0.2, -0.15) is 0 Å². The molecule has 3 rings (SSSR count). The molecule has 1 unspecified atom stereocenters. The molecule has 1 atom stereocenters. The highest BCUT2D eigenvalue weighted by Crippen LogP contribution is 2.39. The molecular formula is C18H18N2O3S. The molecule has 0 fully saturated rings. The zero-order chi connectivity index (χ0) is 17.3. The summed E-state index contributed by atoms with van der Waals surface area (Å²) in [6, 6.07) is 6.80. The molecule has 1 N–H and O–H groups in total. The van der Waals surface area contributed by atoms with Gasteiger partial charge in [-0.05, 0) is 29.1 Å². The molecule has 3 heterocycles. The van der Waals surface area contributed by atoms with Crippen molar-refractivity contribution in [2.45, 2.75) is 26.4 Å². The van der Waals surface area contributed by atoms with Crippen molar-refractivity contribution < 1.29 is 14.7 Å². The molecule has 6 heteroatoms. The zero-order valence-electron chi connectivity index (χ0n) is 13.5. The Morgan fingerprint density at radius 3 is 2.62 bits per heavy atom. The average Bonchev–Trinajstić information content (AvgIpc) is 3.17. The number of pyridine rings is 1. The van der Waals surface area contributed by atoms with Crippen molar-refractivity contribution in [3.05, 3.63) is 63.8 Å². The average molecular weight is 342 g/mol. The molecule has 24 heavy (non-hydrogen) atoms. The van der Waals surface area contributed by atoms with E-state index in [9.17, 15) is 14.7 Å². The Morgan fingerprint density at radius 1 is 1.33 bits per heavy atom. The van der Waals surface area contributed by atoms with E-state index in [4.69, 9.17) is 0 Å². The molecule has 1 amide bonds. The van der Waals surface area contributed by atoms with E-state index < -0.39 is 17.7 Å². The first-order valence-electron chi connectivity index (χ1n) is 7.71. The summed E-state index contributed by atoms with van der Waals surface area (Å²) in [5.41, 5.74) is 0.945. The number of rotatable bonds is 5. The summed E-state index contributed by atoms with van der Waals surface area (Å²) in [6.45, 7) is 3.87. The quantitative estimate of drug-likeness (QED) is 0.905. The van der Waals surface area contributed by atoms with Crippen molar-refractivity contribution in [1.29, 1.82) is 0 Å². The smallest absolute Gasteiger partial charge is 0.290 e. The van der Waals surface area contributed by atoms with Gasteiger partial charge in [0.2, 0.25) is 0 Å². The number of amides is 1. The third-order valence-electron chi connectivity index (χ3n) is 4.02. The van der Waals surface area contributed by atoms with Crippen LogP contribution in [0.5, 0.6) is 0 Å². The number of aliphatic hydroxyl groups is 1. The topological polar surface area (TPSA) is 70.5 Å². The van der Waals surface area contributed by atoms with Gasteiger partial charge in [-0.25, -0.2) is 0 Å². The molecule has 1 aliphatic rings. The number of nitrogens with zero attached hydrogens (tertiary/aromatic N) is 2. The fourth-order valence-corrected chi connectivity index (χ4v) is 3.54. The van der Waals surface area contributed by atoms with Crippen molar-refractivity contribution in [2.24, 2.45) is 5.92 Å². The van der Waals surface area contributed by atoms with Crippen LogP contribution < -0.4 is 0 Å². The first-order valence-corrected chi connectivity index (χ1v) is 8.59. The monoisotopic (exact) mass is 342 g/mol. The van der Waals surface area contributed by atoms with Gasteiger partial charge < -0.3 is 10.0 Å². The van der Waals surface area contributed by atoms with Gasteiger partial charge in [0.25, 0.3) is 5.91 Å². The Morgan fingerprint density at radius 2 is 2.04 bits per heavy atom. The van der Waals surface area contributed by atoms with E-state index in [2.05, 4.69) is 4.98 Å². The standard InChI is InChI=1S/C18H18N2O3S/c1-11(2)16(21)14-15(12-5-7-19-8-6-12)20(18(23)17(14)22)10-13-4-3-9-24-13/h3-9,11,15,22H,10H2,1-2H3. The zero-order valence-corrected chi connectivity index (χ0v) is 14.3. The SMILES string of the molecule is CC(C)C(=O)C1=C(O)C(=O)N(Cc2cccs2)C1c1ccncc1. The Balaban J connectivity index is 2.06. The lowest BCUT2D eigenvalue weighted by molar-refractivity contribution is -0.130. The molecular weight excluding hydrogens is 324 g/mol. The minimum Gasteiger partial charge on any atom is -0.503 e. The number of hydrogen-bond donors (Lipinski definition) is 1. The molecule has 2 aromatic heterocycles. The van der Waals surface area contributed by atoms with Crippen LogP contribution in [-0.2, 0) is 16.1 Å². The Kier molecular flexibility index (Phi) is 4.49. The summed E-state index contributed by atoms with van der Waals surface area (Å²) in [5, 5.41) is 12.3. The summed E-state index contributed by atoms with van der Waals surface area (Å²) in [5.74, 6) is -1.46. The number of carbonyl (C=O) groups is 2. The molecule has 0 saturated carbocycles. The number of thiophene rings is 1. The van der Waals surface area contributed by atoms with Crippen LogP contribution in [0.4, 0.5) is 0 Å². The van der Waals surface area contributed by atoms with Crippen molar-refractivity contribution in [1.82, 2.24) is 9.88 Å². The highest BCUT2D eigenvalue weighted by Gasteiger charge is 2.43. The molecule has 5 nitrogen and oxygen atoms in total. The number of aromatic nitrogens is 1. The summed E-state index contributed by atoms with van der Waals surface area (Å²) < 4.78 is 0. The highest BCUT2D eigenvalue weighted by molar-refractivity contribution is 7.09. The van der Waals surface area contributed by atoms with Crippen LogP contribution in [-0.4, -0.2) is 26.7 Å². The van der Waals surface area contributed by atoms with Crippen LogP contribution in [0.15, 0.2) is 53.4 Å². The summed E-state index contributed by atoms with van der Waals surface area (Å²) in [7, 11) is 0. The third kappa shape index (κ3) is 2.85. The van der Waals surface area contributed by atoms with Gasteiger partial charge in [0.1, 0.15) is 0 Å². The second kappa shape index (κ2) is 6.57. The minimum atomic E-state index is -0.586. The normalized spacial score (nSPS) is 17.9. The van der Waals surface area contributed by atoms with E-state index in [0.717, 1.165) is 10.4 Å². The van der Waals surface area contributed by atoms with Crippen molar-refractivity contribution in [3.8, 4) is 0 Å². The second-order valence-corrected chi connectivity index (χ2v) is 7.01. The first kappa shape index (κ1) is 16.4. The van der Waals surface area contributed by atoms with Crippen LogP contribution in [0, 0.1) is 5.92 Å². The van der Waals surface area contributed by atoms with Crippen molar-refractivity contribution >= 4 is 23.0 Å². The molecule has 0 radical (unpaired) electrons. The predicted molar refractivity (Wildman–Crippen MR) is 91.3 cm³/mol. The first-order chi connectivity index (χ1) is 11.5. The molecule has 124 valence electrons. The van der Waals surface area contributed by atoms with Gasteiger partial charge in [0.05, 0.1) is 18.2 Å². The van der Waals surface area contributed by atoms with Crippen LogP contribution in [0.25, 0.3) is 0 Å². The van der Waals surface area contributed by atoms with Gasteiger partial charge in [0, 0.05) is 23.2 Å². The van der Waals surface area contributed by atoms with Gasteiger partial charge in [-0.3, -0.25) is 14.6 Å². The van der Waals surface area contributed by atoms with E-state index in [-0.39, 0.29) is 17.3 Å². The van der Waals surface area contributed by atoms with E-state index in [1.54, 1.807) is 43.3 Å². The van der Waals surface area contributed by atoms with Crippen LogP contribution in [0.3, 0.4) is 0 Å². The largest absolute Gasteiger partial charge is 0.503 e. The lowest BCUT2D eigenvalue weighted by Gasteiger charge is -2.26. The minimum absolute atomic E-state index is 0.178. The lowest BCUT2D eigenvalue weighted by Crippen LogP contribution is -2.30. The number of Topliss-reactive ketones (excluding diaryl/α,β-unsaturated/α-hetero) is 1. The van der Waals surface area contributed by atoms with Gasteiger partial charge in [-0.1, -0.05) is 19.9 Å². The maximum absolute atomic E-state index is 12.6. The maximum Gasteiger partial charge on any atom is 0.290 e. The maximum atomic E-state index is 12.6. The highest BCUT2D eigenvalue weighted by atomic mass is 32.1. The molecule has 2 aromatic rings. The predicted octanol–water partition coefficient (Wildman–Crippen LogP) is 3.26. The molecule has 0 aliphatic carbocycles. The lowest BCUT2D eigenvalue weighted by atomic mass is 9.92. The Labute approximate surface area is 144 Å². The molecule has 0 saturated heterocycles. The number of carbonyl (C=O) groups excluding carboxylic acids is 2. The van der Waals surface area contributed by atoms with E-state index in [1.807, 2.05) is 17.5 Å². The fraction of sp³-hybridized carbons (Fsp3) is 0.278. The molecule has 0 aromatic carbocycles. The fourth-order valence-electron chi connectivity index (χ4n) is 2.84. The van der Waals surface area contributed by atoms with Crippen LogP contribution in [0.1, 0.15) is 30.3 Å². The van der Waals surface area contributed by atoms with Crippen molar-refractivity contribution in [3.63, 3.8) is 0 Å². The Hall–Kier alpha value is -2.47.